The highest BCUT2D eigenvalue weighted by atomic mass is 16.5. The zero-order chi connectivity index (χ0) is 18.9. The highest BCUT2D eigenvalue weighted by Gasteiger charge is 2.30. The first-order chi connectivity index (χ1) is 13.2. The molecule has 2 fully saturated rings. The highest BCUT2D eigenvalue weighted by Crippen LogP contribution is 2.19. The summed E-state index contributed by atoms with van der Waals surface area (Å²) < 4.78 is 5.53. The predicted molar refractivity (Wildman–Crippen MR) is 105 cm³/mol. The number of esters is 1. The Kier molecular flexibility index (Phi) is 7.69. The Morgan fingerprint density at radius 2 is 1.67 bits per heavy atom. The largest absolute Gasteiger partial charge is 0.463 e. The fraction of sp³-hybridized carbons (Fsp3) is 0.636. The second kappa shape index (κ2) is 10.5. The van der Waals surface area contributed by atoms with Crippen molar-refractivity contribution in [1.29, 1.82) is 0 Å². The van der Waals surface area contributed by atoms with Crippen molar-refractivity contribution in [2.24, 2.45) is 0 Å². The first kappa shape index (κ1) is 19.9. The van der Waals surface area contributed by atoms with E-state index in [2.05, 4.69) is 10.2 Å². The zero-order valence-electron chi connectivity index (χ0n) is 16.2. The van der Waals surface area contributed by atoms with Gasteiger partial charge in [0.2, 0.25) is 5.91 Å². The molecule has 5 heteroatoms. The molecule has 1 aliphatic carbocycles. The summed E-state index contributed by atoms with van der Waals surface area (Å²) in [6, 6.07) is 9.49. The lowest BCUT2D eigenvalue weighted by Crippen LogP contribution is -2.53. The standard InChI is InChI=1S/C22H32N2O3/c25-21(16-18-10-4-1-5-11-18)27-17-20(24-14-8-3-9-15-24)22(26)23-19-12-6-2-7-13-19/h1,4-5,10-11,19-20H,2-3,6-9,12-17H2,(H,23,26). The lowest BCUT2D eigenvalue weighted by Gasteiger charge is -2.34. The second-order valence-electron chi connectivity index (χ2n) is 7.80. The van der Waals surface area contributed by atoms with Gasteiger partial charge in [-0.3, -0.25) is 14.5 Å². The van der Waals surface area contributed by atoms with Crippen molar-refractivity contribution >= 4 is 11.9 Å². The summed E-state index contributed by atoms with van der Waals surface area (Å²) in [6.45, 7) is 1.95. The van der Waals surface area contributed by atoms with E-state index >= 15 is 0 Å². The lowest BCUT2D eigenvalue weighted by molar-refractivity contribution is -0.147. The third kappa shape index (κ3) is 6.35. The van der Waals surface area contributed by atoms with Gasteiger partial charge < -0.3 is 10.1 Å². The molecule has 2 aliphatic rings. The first-order valence-electron chi connectivity index (χ1n) is 10.5. The van der Waals surface area contributed by atoms with Gasteiger partial charge in [-0.2, -0.15) is 0 Å². The Morgan fingerprint density at radius 1 is 1.00 bits per heavy atom. The number of hydrogen-bond donors (Lipinski definition) is 1. The predicted octanol–water partition coefficient (Wildman–Crippen LogP) is 3.08. The van der Waals surface area contributed by atoms with Gasteiger partial charge in [0.25, 0.3) is 0 Å². The summed E-state index contributed by atoms with van der Waals surface area (Å²) in [4.78, 5) is 27.4. The van der Waals surface area contributed by atoms with Gasteiger partial charge in [-0.1, -0.05) is 56.0 Å². The molecule has 0 aromatic heterocycles. The maximum atomic E-state index is 12.9. The molecule has 1 saturated carbocycles. The smallest absolute Gasteiger partial charge is 0.310 e. The van der Waals surface area contributed by atoms with Gasteiger partial charge >= 0.3 is 5.97 Å². The van der Waals surface area contributed by atoms with Crippen LogP contribution in [0.15, 0.2) is 30.3 Å². The van der Waals surface area contributed by atoms with E-state index in [1.807, 2.05) is 30.3 Å². The molecule has 27 heavy (non-hydrogen) atoms. The molecule has 0 spiro atoms. The topological polar surface area (TPSA) is 58.6 Å². The number of piperidine rings is 1. The van der Waals surface area contributed by atoms with E-state index in [4.69, 9.17) is 4.74 Å². The highest BCUT2D eigenvalue weighted by molar-refractivity contribution is 5.82. The molecule has 5 nitrogen and oxygen atoms in total. The number of hydrogen-bond acceptors (Lipinski definition) is 4. The van der Waals surface area contributed by atoms with Crippen molar-refractivity contribution in [2.45, 2.75) is 69.9 Å². The number of nitrogens with one attached hydrogen (secondary N) is 1. The minimum Gasteiger partial charge on any atom is -0.463 e. The normalized spacial score (nSPS) is 20.0. The van der Waals surface area contributed by atoms with Crippen molar-refractivity contribution in [3.05, 3.63) is 35.9 Å². The molecule has 148 valence electrons. The number of amides is 1. The zero-order valence-corrected chi connectivity index (χ0v) is 16.2. The second-order valence-corrected chi connectivity index (χ2v) is 7.80. The van der Waals surface area contributed by atoms with E-state index < -0.39 is 0 Å². The van der Waals surface area contributed by atoms with Gasteiger partial charge in [-0.15, -0.1) is 0 Å². The van der Waals surface area contributed by atoms with Gasteiger partial charge in [0.1, 0.15) is 12.6 Å². The number of nitrogens with zero attached hydrogens (tertiary/aromatic N) is 1. The number of rotatable bonds is 7. The van der Waals surface area contributed by atoms with Crippen LogP contribution >= 0.6 is 0 Å². The number of carbonyl (C=O) groups is 2. The number of benzene rings is 1. The van der Waals surface area contributed by atoms with Crippen LogP contribution in [0.5, 0.6) is 0 Å². The maximum Gasteiger partial charge on any atom is 0.310 e. The lowest BCUT2D eigenvalue weighted by atomic mass is 9.95. The Labute approximate surface area is 162 Å². The summed E-state index contributed by atoms with van der Waals surface area (Å²) >= 11 is 0. The average molecular weight is 373 g/mol. The third-order valence-corrected chi connectivity index (χ3v) is 5.68. The summed E-state index contributed by atoms with van der Waals surface area (Å²) in [7, 11) is 0. The minimum absolute atomic E-state index is 0.0244. The molecule has 1 aromatic carbocycles. The van der Waals surface area contributed by atoms with Gasteiger partial charge in [0.05, 0.1) is 6.42 Å². The minimum atomic E-state index is -0.369. The Balaban J connectivity index is 1.55. The van der Waals surface area contributed by atoms with E-state index in [-0.39, 0.29) is 37.0 Å². The molecule has 1 aromatic rings. The van der Waals surface area contributed by atoms with Crippen LogP contribution in [0.1, 0.15) is 56.9 Å². The molecule has 0 radical (unpaired) electrons. The van der Waals surface area contributed by atoms with E-state index in [0.29, 0.717) is 0 Å². The van der Waals surface area contributed by atoms with Crippen LogP contribution < -0.4 is 5.32 Å². The van der Waals surface area contributed by atoms with Crippen LogP contribution in [0.2, 0.25) is 0 Å². The van der Waals surface area contributed by atoms with Gasteiger partial charge in [0, 0.05) is 6.04 Å². The Morgan fingerprint density at radius 3 is 2.37 bits per heavy atom. The molecule has 1 N–H and O–H groups in total. The van der Waals surface area contributed by atoms with Crippen LogP contribution in [-0.2, 0) is 20.7 Å². The molecule has 3 rings (SSSR count). The monoisotopic (exact) mass is 372 g/mol. The molecular weight excluding hydrogens is 340 g/mol. The van der Waals surface area contributed by atoms with Crippen LogP contribution in [0, 0.1) is 0 Å². The fourth-order valence-electron chi connectivity index (χ4n) is 4.11. The van der Waals surface area contributed by atoms with Gasteiger partial charge in [-0.25, -0.2) is 0 Å². The molecule has 1 atom stereocenters. The molecule has 0 bridgehead atoms. The van der Waals surface area contributed by atoms with Gasteiger partial charge in [0.15, 0.2) is 0 Å². The van der Waals surface area contributed by atoms with E-state index in [1.165, 1.54) is 25.7 Å². The average Bonchev–Trinajstić information content (AvgIpc) is 2.70. The van der Waals surface area contributed by atoms with Crippen molar-refractivity contribution in [3.8, 4) is 0 Å². The Hall–Kier alpha value is -1.88. The summed E-state index contributed by atoms with van der Waals surface area (Å²) in [5.41, 5.74) is 0.934. The quantitative estimate of drug-likeness (QED) is 0.748. The molecule has 1 saturated heterocycles. The van der Waals surface area contributed by atoms with Crippen molar-refractivity contribution < 1.29 is 14.3 Å². The van der Waals surface area contributed by atoms with Crippen LogP contribution in [-0.4, -0.2) is 48.6 Å². The maximum absolute atomic E-state index is 12.9. The first-order valence-corrected chi connectivity index (χ1v) is 10.5. The van der Waals surface area contributed by atoms with Crippen molar-refractivity contribution in [1.82, 2.24) is 10.2 Å². The number of likely N-dealkylation sites (tertiary alicyclic amines) is 1. The van der Waals surface area contributed by atoms with Crippen molar-refractivity contribution in [3.63, 3.8) is 0 Å². The molecule has 1 amide bonds. The van der Waals surface area contributed by atoms with Crippen LogP contribution in [0.3, 0.4) is 0 Å². The molecule has 1 heterocycles. The van der Waals surface area contributed by atoms with E-state index in [1.54, 1.807) is 0 Å². The van der Waals surface area contributed by atoms with Crippen molar-refractivity contribution in [2.75, 3.05) is 19.7 Å². The number of ether oxygens (including phenoxy) is 1. The summed E-state index contributed by atoms with van der Waals surface area (Å²) in [6.07, 6.45) is 9.42. The van der Waals surface area contributed by atoms with E-state index in [9.17, 15) is 9.59 Å². The summed E-state index contributed by atoms with van der Waals surface area (Å²) in [5.74, 6) is -0.245. The SMILES string of the molecule is O=C(Cc1ccccc1)OCC(C(=O)NC1CCCCC1)N1CCCCC1. The van der Waals surface area contributed by atoms with Crippen LogP contribution in [0.4, 0.5) is 0 Å². The number of carbonyl (C=O) groups excluding carboxylic acids is 2. The Bertz CT molecular complexity index is 593. The molecule has 1 aliphatic heterocycles. The van der Waals surface area contributed by atoms with Crippen LogP contribution in [0.25, 0.3) is 0 Å². The van der Waals surface area contributed by atoms with Gasteiger partial charge in [-0.05, 0) is 44.3 Å². The molecular formula is C22H32N2O3. The summed E-state index contributed by atoms with van der Waals surface area (Å²) in [5, 5.41) is 3.22. The van der Waals surface area contributed by atoms with E-state index in [0.717, 1.165) is 44.3 Å². The third-order valence-electron chi connectivity index (χ3n) is 5.68. The fourth-order valence-corrected chi connectivity index (χ4v) is 4.11. The molecule has 1 unspecified atom stereocenters.